The number of nitrogens with zero attached hydrogens (tertiary/aromatic N) is 2. The smallest absolute Gasteiger partial charge is 0.145 e. The number of halogens is 3. The molecule has 0 spiro atoms. The van der Waals surface area contributed by atoms with Gasteiger partial charge in [-0.3, -0.25) is 4.68 Å². The molecule has 1 aromatic heterocycles. The lowest BCUT2D eigenvalue weighted by molar-refractivity contribution is 0.288. The van der Waals surface area contributed by atoms with Crippen molar-refractivity contribution in [1.29, 1.82) is 0 Å². The third-order valence-corrected chi connectivity index (χ3v) is 3.12. The second kappa shape index (κ2) is 5.58. The predicted octanol–water partition coefficient (Wildman–Crippen LogP) is 3.10. The second-order valence-corrected chi connectivity index (χ2v) is 4.81. The van der Waals surface area contributed by atoms with Gasteiger partial charge in [0.15, 0.2) is 0 Å². The highest BCUT2D eigenvalue weighted by Gasteiger charge is 2.07. The van der Waals surface area contributed by atoms with Crippen LogP contribution in [0.3, 0.4) is 0 Å². The Hall–Kier alpha value is -1.27. The van der Waals surface area contributed by atoms with Crippen molar-refractivity contribution in [1.82, 2.24) is 9.78 Å². The Morgan fingerprint density at radius 1 is 1.50 bits per heavy atom. The molecular formula is C11H10BrClFN3O. The average molecular weight is 335 g/mol. The molecule has 0 aliphatic heterocycles. The molecule has 0 atom stereocenters. The molecule has 0 unspecified atom stereocenters. The Morgan fingerprint density at radius 3 is 2.94 bits per heavy atom. The summed E-state index contributed by atoms with van der Waals surface area (Å²) in [4.78, 5) is 0. The summed E-state index contributed by atoms with van der Waals surface area (Å²) in [6, 6.07) is 4.39. The Morgan fingerprint density at radius 2 is 2.28 bits per heavy atom. The van der Waals surface area contributed by atoms with E-state index in [-0.39, 0.29) is 5.02 Å². The van der Waals surface area contributed by atoms with Gasteiger partial charge < -0.3 is 10.5 Å². The average Bonchev–Trinajstić information content (AvgIpc) is 2.71. The maximum atomic E-state index is 13.2. The molecule has 18 heavy (non-hydrogen) atoms. The highest BCUT2D eigenvalue weighted by Crippen LogP contribution is 2.30. The van der Waals surface area contributed by atoms with Crippen LogP contribution in [0.5, 0.6) is 5.75 Å². The minimum atomic E-state index is -0.516. The number of nitrogens with two attached hydrogens (primary N) is 1. The molecule has 4 nitrogen and oxygen atoms in total. The van der Waals surface area contributed by atoms with Crippen LogP contribution in [0, 0.1) is 5.82 Å². The van der Waals surface area contributed by atoms with Gasteiger partial charge in [0.05, 0.1) is 16.0 Å². The van der Waals surface area contributed by atoms with Crippen LogP contribution in [0.4, 0.5) is 10.2 Å². The van der Waals surface area contributed by atoms with Gasteiger partial charge in [-0.05, 0) is 28.1 Å². The molecular weight excluding hydrogens is 324 g/mol. The fourth-order valence-corrected chi connectivity index (χ4v) is 2.12. The van der Waals surface area contributed by atoms with Crippen LogP contribution in [0.2, 0.25) is 5.02 Å². The zero-order chi connectivity index (χ0) is 13.1. The highest BCUT2D eigenvalue weighted by atomic mass is 79.9. The number of hydrogen-bond acceptors (Lipinski definition) is 3. The molecule has 7 heteroatoms. The molecule has 0 radical (unpaired) electrons. The van der Waals surface area contributed by atoms with E-state index >= 15 is 0 Å². The van der Waals surface area contributed by atoms with Crippen molar-refractivity contribution >= 4 is 33.3 Å². The highest BCUT2D eigenvalue weighted by molar-refractivity contribution is 9.10. The summed E-state index contributed by atoms with van der Waals surface area (Å²) < 4.78 is 20.9. The van der Waals surface area contributed by atoms with E-state index in [1.165, 1.54) is 12.1 Å². The van der Waals surface area contributed by atoms with Crippen molar-refractivity contribution in [2.24, 2.45) is 0 Å². The lowest BCUT2D eigenvalue weighted by Crippen LogP contribution is -2.09. The van der Waals surface area contributed by atoms with E-state index in [0.29, 0.717) is 29.2 Å². The minimum Gasteiger partial charge on any atom is -0.490 e. The molecule has 2 aromatic rings. The maximum Gasteiger partial charge on any atom is 0.145 e. The van der Waals surface area contributed by atoms with Crippen molar-refractivity contribution in [2.75, 3.05) is 12.3 Å². The van der Waals surface area contributed by atoms with E-state index in [0.717, 1.165) is 0 Å². The van der Waals surface area contributed by atoms with Gasteiger partial charge in [0.2, 0.25) is 0 Å². The van der Waals surface area contributed by atoms with Gasteiger partial charge in [0.25, 0.3) is 0 Å². The topological polar surface area (TPSA) is 53.1 Å². The Labute approximate surface area is 117 Å². The van der Waals surface area contributed by atoms with Gasteiger partial charge in [-0.15, -0.1) is 0 Å². The fraction of sp³-hybridized carbons (Fsp3) is 0.182. The lowest BCUT2D eigenvalue weighted by Gasteiger charge is -2.09. The van der Waals surface area contributed by atoms with Gasteiger partial charge in [0.1, 0.15) is 24.0 Å². The number of hydrogen-bond donors (Lipinski definition) is 1. The van der Waals surface area contributed by atoms with E-state index in [4.69, 9.17) is 22.1 Å². The van der Waals surface area contributed by atoms with E-state index < -0.39 is 5.82 Å². The molecule has 0 aliphatic carbocycles. The number of rotatable bonds is 4. The summed E-state index contributed by atoms with van der Waals surface area (Å²) in [6.07, 6.45) is 1.75. The van der Waals surface area contributed by atoms with Crippen molar-refractivity contribution < 1.29 is 9.13 Å². The summed E-state index contributed by atoms with van der Waals surface area (Å²) in [6.45, 7) is 0.870. The molecule has 2 rings (SSSR count). The Bertz CT molecular complexity index is 561. The minimum absolute atomic E-state index is 0.0501. The molecule has 0 fully saturated rings. The van der Waals surface area contributed by atoms with Crippen LogP contribution >= 0.6 is 27.5 Å². The van der Waals surface area contributed by atoms with Crippen molar-refractivity contribution in [2.45, 2.75) is 6.54 Å². The van der Waals surface area contributed by atoms with Crippen molar-refractivity contribution in [3.63, 3.8) is 0 Å². The SMILES string of the molecule is Nc1ccn(CCOc2cc(F)c(Cl)cc2Br)n1. The van der Waals surface area contributed by atoms with Crippen LogP contribution in [0.25, 0.3) is 0 Å². The molecule has 0 saturated carbocycles. The van der Waals surface area contributed by atoms with Gasteiger partial charge >= 0.3 is 0 Å². The van der Waals surface area contributed by atoms with Crippen molar-refractivity contribution in [3.05, 3.63) is 39.7 Å². The molecule has 0 amide bonds. The maximum absolute atomic E-state index is 13.2. The number of ether oxygens (including phenoxy) is 1. The lowest BCUT2D eigenvalue weighted by atomic mass is 10.3. The largest absolute Gasteiger partial charge is 0.490 e. The second-order valence-electron chi connectivity index (χ2n) is 3.55. The summed E-state index contributed by atoms with van der Waals surface area (Å²) >= 11 is 8.88. The first-order chi connectivity index (χ1) is 8.56. The first-order valence-corrected chi connectivity index (χ1v) is 6.29. The van der Waals surface area contributed by atoms with E-state index in [1.54, 1.807) is 16.9 Å². The monoisotopic (exact) mass is 333 g/mol. The van der Waals surface area contributed by atoms with Crippen LogP contribution in [0.15, 0.2) is 28.9 Å². The molecule has 0 aliphatic rings. The van der Waals surface area contributed by atoms with E-state index in [2.05, 4.69) is 21.0 Å². The van der Waals surface area contributed by atoms with Crippen molar-refractivity contribution in [3.8, 4) is 5.75 Å². The third-order valence-electron chi connectivity index (χ3n) is 2.21. The first kappa shape index (κ1) is 13.2. The molecule has 0 bridgehead atoms. The zero-order valence-corrected chi connectivity index (χ0v) is 11.6. The number of aromatic nitrogens is 2. The first-order valence-electron chi connectivity index (χ1n) is 5.12. The van der Waals surface area contributed by atoms with Gasteiger partial charge in [0, 0.05) is 12.3 Å². The molecule has 0 saturated heterocycles. The zero-order valence-electron chi connectivity index (χ0n) is 9.24. The summed E-state index contributed by atoms with van der Waals surface area (Å²) in [5.41, 5.74) is 5.48. The van der Waals surface area contributed by atoms with Crippen LogP contribution in [0.1, 0.15) is 0 Å². The molecule has 1 aromatic carbocycles. The van der Waals surface area contributed by atoms with Gasteiger partial charge in [-0.2, -0.15) is 5.10 Å². The van der Waals surface area contributed by atoms with E-state index in [9.17, 15) is 4.39 Å². The van der Waals surface area contributed by atoms with Crippen LogP contribution < -0.4 is 10.5 Å². The Balaban J connectivity index is 1.96. The standard InChI is InChI=1S/C11H10BrClFN3O/c12-7-5-8(13)9(14)6-10(7)18-4-3-17-2-1-11(15)16-17/h1-2,5-6H,3-4H2,(H2,15,16). The van der Waals surface area contributed by atoms with E-state index in [1.807, 2.05) is 0 Å². The molecule has 2 N–H and O–H groups in total. The Kier molecular flexibility index (Phi) is 4.08. The normalized spacial score (nSPS) is 10.6. The van der Waals surface area contributed by atoms with Crippen LogP contribution in [-0.2, 0) is 6.54 Å². The van der Waals surface area contributed by atoms with Crippen LogP contribution in [-0.4, -0.2) is 16.4 Å². The molecule has 96 valence electrons. The summed E-state index contributed by atoms with van der Waals surface area (Å²) in [5, 5.41) is 4.05. The van der Waals surface area contributed by atoms with Gasteiger partial charge in [-0.1, -0.05) is 11.6 Å². The molecule has 1 heterocycles. The quantitative estimate of drug-likeness (QED) is 0.874. The number of anilines is 1. The fourth-order valence-electron chi connectivity index (χ4n) is 1.37. The van der Waals surface area contributed by atoms with Gasteiger partial charge in [-0.25, -0.2) is 4.39 Å². The number of nitrogen functional groups attached to an aromatic ring is 1. The summed E-state index contributed by atoms with van der Waals surface area (Å²) in [5.74, 6) is 0.337. The third kappa shape index (κ3) is 3.14. The summed E-state index contributed by atoms with van der Waals surface area (Å²) in [7, 11) is 0. The number of benzene rings is 1. The predicted molar refractivity (Wildman–Crippen MR) is 71.2 cm³/mol.